The van der Waals surface area contributed by atoms with Gasteiger partial charge in [-0.05, 0) is 18.9 Å². The quantitative estimate of drug-likeness (QED) is 0.485. The molecule has 0 unspecified atom stereocenters. The molecule has 0 bridgehead atoms. The first-order valence-electron chi connectivity index (χ1n) is 6.00. The Hall–Kier alpha value is -0.980. The first-order chi connectivity index (χ1) is 9.19. The number of thioether (sulfide) groups is 1. The van der Waals surface area contributed by atoms with E-state index in [0.717, 1.165) is 5.69 Å². The van der Waals surface area contributed by atoms with Crippen LogP contribution in [0.25, 0.3) is 6.08 Å². The number of carbonyl (C=O) groups is 1. The average Bonchev–Trinajstić information content (AvgIpc) is 3.09. The fourth-order valence-corrected chi connectivity index (χ4v) is 4.01. The van der Waals surface area contributed by atoms with Gasteiger partial charge < -0.3 is 0 Å². The molecule has 1 saturated carbocycles. The van der Waals surface area contributed by atoms with Crippen LogP contribution in [-0.4, -0.2) is 26.7 Å². The standard InChI is InChI=1S/C13H12N2OS3/c1-2-5-15-12(16)10(19-13(15)17)6-9-7-18-11(14-9)8-3-4-8/h2,6-8H,1,3-5H2. The summed E-state index contributed by atoms with van der Waals surface area (Å²) < 4.78 is 0.591. The number of nitrogens with zero attached hydrogens (tertiary/aromatic N) is 2. The summed E-state index contributed by atoms with van der Waals surface area (Å²) in [4.78, 5) is 18.9. The molecule has 1 amide bonds. The predicted molar refractivity (Wildman–Crippen MR) is 84.2 cm³/mol. The lowest BCUT2D eigenvalue weighted by atomic mass is 10.3. The largest absolute Gasteiger partial charge is 0.289 e. The maximum atomic E-state index is 12.1. The molecule has 1 aliphatic carbocycles. The Balaban J connectivity index is 1.80. The van der Waals surface area contributed by atoms with Crippen LogP contribution in [0, 0.1) is 0 Å². The molecule has 1 aromatic heterocycles. The van der Waals surface area contributed by atoms with Gasteiger partial charge in [0.05, 0.1) is 15.6 Å². The van der Waals surface area contributed by atoms with E-state index < -0.39 is 0 Å². The molecule has 0 N–H and O–H groups in total. The van der Waals surface area contributed by atoms with Crippen LogP contribution in [0.5, 0.6) is 0 Å². The van der Waals surface area contributed by atoms with E-state index in [-0.39, 0.29) is 5.91 Å². The zero-order valence-electron chi connectivity index (χ0n) is 10.2. The van der Waals surface area contributed by atoms with Crippen LogP contribution < -0.4 is 0 Å². The van der Waals surface area contributed by atoms with Gasteiger partial charge in [0.15, 0.2) is 0 Å². The lowest BCUT2D eigenvalue weighted by Gasteiger charge is -2.10. The van der Waals surface area contributed by atoms with Crippen LogP contribution >= 0.6 is 35.3 Å². The van der Waals surface area contributed by atoms with Gasteiger partial charge in [-0.15, -0.1) is 17.9 Å². The van der Waals surface area contributed by atoms with Crippen molar-refractivity contribution in [3.63, 3.8) is 0 Å². The van der Waals surface area contributed by atoms with Crippen LogP contribution in [-0.2, 0) is 4.79 Å². The number of thiocarbonyl (C=S) groups is 1. The third-order valence-electron chi connectivity index (χ3n) is 2.93. The van der Waals surface area contributed by atoms with Crippen molar-refractivity contribution < 1.29 is 4.79 Å². The normalized spacial score (nSPS) is 21.5. The van der Waals surface area contributed by atoms with Crippen molar-refractivity contribution in [2.45, 2.75) is 18.8 Å². The Bertz CT molecular complexity index is 586. The lowest BCUT2D eigenvalue weighted by molar-refractivity contribution is -0.121. The van der Waals surface area contributed by atoms with Gasteiger partial charge in [-0.25, -0.2) is 4.98 Å². The highest BCUT2D eigenvalue weighted by molar-refractivity contribution is 8.26. The van der Waals surface area contributed by atoms with Crippen molar-refractivity contribution in [1.29, 1.82) is 0 Å². The predicted octanol–water partition coefficient (Wildman–Crippen LogP) is 3.41. The van der Waals surface area contributed by atoms with E-state index >= 15 is 0 Å². The smallest absolute Gasteiger partial charge is 0.266 e. The van der Waals surface area contributed by atoms with E-state index in [1.807, 2.05) is 11.5 Å². The van der Waals surface area contributed by atoms with E-state index in [0.29, 0.717) is 21.7 Å². The van der Waals surface area contributed by atoms with E-state index in [4.69, 9.17) is 12.2 Å². The van der Waals surface area contributed by atoms with Crippen LogP contribution in [0.2, 0.25) is 0 Å². The number of amides is 1. The molecule has 3 rings (SSSR count). The van der Waals surface area contributed by atoms with Gasteiger partial charge in [0.1, 0.15) is 4.32 Å². The van der Waals surface area contributed by atoms with Crippen molar-refractivity contribution in [2.75, 3.05) is 6.54 Å². The van der Waals surface area contributed by atoms with Crippen LogP contribution in [0.3, 0.4) is 0 Å². The molecule has 0 radical (unpaired) electrons. The van der Waals surface area contributed by atoms with Crippen molar-refractivity contribution in [1.82, 2.24) is 9.88 Å². The van der Waals surface area contributed by atoms with E-state index in [1.165, 1.54) is 29.6 Å². The number of aromatic nitrogens is 1. The van der Waals surface area contributed by atoms with E-state index in [2.05, 4.69) is 11.6 Å². The summed E-state index contributed by atoms with van der Waals surface area (Å²) in [5.41, 5.74) is 0.867. The Morgan fingerprint density at radius 1 is 1.58 bits per heavy atom. The van der Waals surface area contributed by atoms with Crippen molar-refractivity contribution >= 4 is 51.6 Å². The van der Waals surface area contributed by atoms with Gasteiger partial charge in [0.25, 0.3) is 5.91 Å². The number of carbonyl (C=O) groups excluding carboxylic acids is 1. The third-order valence-corrected chi connectivity index (χ3v) is 5.33. The lowest BCUT2D eigenvalue weighted by Crippen LogP contribution is -2.27. The number of hydrogen-bond acceptors (Lipinski definition) is 5. The maximum absolute atomic E-state index is 12.1. The van der Waals surface area contributed by atoms with Gasteiger partial charge in [-0.2, -0.15) is 0 Å². The molecular weight excluding hydrogens is 296 g/mol. The summed E-state index contributed by atoms with van der Waals surface area (Å²) in [5, 5.41) is 3.20. The van der Waals surface area contributed by atoms with Crippen molar-refractivity contribution in [2.24, 2.45) is 0 Å². The molecule has 1 aromatic rings. The average molecular weight is 308 g/mol. The third kappa shape index (κ3) is 2.66. The maximum Gasteiger partial charge on any atom is 0.266 e. The van der Waals surface area contributed by atoms with Gasteiger partial charge in [-0.1, -0.05) is 30.1 Å². The van der Waals surface area contributed by atoms with Crippen LogP contribution in [0.1, 0.15) is 29.5 Å². The molecule has 0 aromatic carbocycles. The highest BCUT2D eigenvalue weighted by Crippen LogP contribution is 2.42. The fraction of sp³-hybridized carbons (Fsp3) is 0.308. The zero-order chi connectivity index (χ0) is 13.4. The zero-order valence-corrected chi connectivity index (χ0v) is 12.6. The molecule has 2 fully saturated rings. The summed E-state index contributed by atoms with van der Waals surface area (Å²) in [5.74, 6) is 0.610. The topological polar surface area (TPSA) is 33.2 Å². The summed E-state index contributed by atoms with van der Waals surface area (Å²) in [6, 6.07) is 0. The summed E-state index contributed by atoms with van der Waals surface area (Å²) in [6.45, 7) is 4.10. The molecule has 1 saturated heterocycles. The minimum atomic E-state index is -0.0455. The minimum Gasteiger partial charge on any atom is -0.289 e. The SMILES string of the molecule is C=CCN1C(=O)C(=Cc2csc(C3CC3)n2)SC1=S. The number of rotatable bonds is 4. The van der Waals surface area contributed by atoms with Gasteiger partial charge >= 0.3 is 0 Å². The van der Waals surface area contributed by atoms with E-state index in [1.54, 1.807) is 22.3 Å². The summed E-state index contributed by atoms with van der Waals surface area (Å²) in [7, 11) is 0. The van der Waals surface area contributed by atoms with E-state index in [9.17, 15) is 4.79 Å². The second-order valence-corrected chi connectivity index (χ2v) is 7.03. The second kappa shape index (κ2) is 5.19. The molecule has 19 heavy (non-hydrogen) atoms. The second-order valence-electron chi connectivity index (χ2n) is 4.47. The summed E-state index contributed by atoms with van der Waals surface area (Å²) >= 11 is 8.21. The Labute approximate surface area is 125 Å². The fourth-order valence-electron chi connectivity index (χ4n) is 1.81. The molecular formula is C13H12N2OS3. The molecule has 2 aliphatic rings. The Morgan fingerprint density at radius 3 is 3.05 bits per heavy atom. The molecule has 3 nitrogen and oxygen atoms in total. The Morgan fingerprint density at radius 2 is 2.37 bits per heavy atom. The van der Waals surface area contributed by atoms with Crippen molar-refractivity contribution in [3.8, 4) is 0 Å². The highest BCUT2D eigenvalue weighted by atomic mass is 32.2. The first kappa shape index (κ1) is 13.0. The molecule has 0 atom stereocenters. The molecule has 2 heterocycles. The first-order valence-corrected chi connectivity index (χ1v) is 8.11. The van der Waals surface area contributed by atoms with Gasteiger partial charge in [-0.3, -0.25) is 9.69 Å². The molecule has 6 heteroatoms. The summed E-state index contributed by atoms with van der Waals surface area (Å²) in [6.07, 6.45) is 6.01. The minimum absolute atomic E-state index is 0.0455. The van der Waals surface area contributed by atoms with Gasteiger partial charge in [0, 0.05) is 17.8 Å². The molecule has 1 aliphatic heterocycles. The monoisotopic (exact) mass is 308 g/mol. The highest BCUT2D eigenvalue weighted by Gasteiger charge is 2.31. The van der Waals surface area contributed by atoms with Crippen LogP contribution in [0.15, 0.2) is 22.9 Å². The number of thiazole rings is 1. The van der Waals surface area contributed by atoms with Crippen LogP contribution in [0.4, 0.5) is 0 Å². The molecule has 0 spiro atoms. The van der Waals surface area contributed by atoms with Crippen molar-refractivity contribution in [3.05, 3.63) is 33.6 Å². The van der Waals surface area contributed by atoms with Gasteiger partial charge in [0.2, 0.25) is 0 Å². The Kier molecular flexibility index (Phi) is 3.56. The number of hydrogen-bond donors (Lipinski definition) is 0. The molecule has 98 valence electrons.